The number of nitrogens with one attached hydrogen (secondary N) is 1. The summed E-state index contributed by atoms with van der Waals surface area (Å²) in [6.45, 7) is 4.08. The van der Waals surface area contributed by atoms with Crippen molar-refractivity contribution >= 4 is 17.6 Å². The van der Waals surface area contributed by atoms with E-state index in [-0.39, 0.29) is 24.8 Å². The molecule has 0 unspecified atom stereocenters. The lowest BCUT2D eigenvalue weighted by atomic mass is 10.0. The van der Waals surface area contributed by atoms with Gasteiger partial charge in [-0.1, -0.05) is 29.8 Å². The second kappa shape index (κ2) is 11.2. The highest BCUT2D eigenvalue weighted by Gasteiger charge is 2.27. The second-order valence-corrected chi connectivity index (χ2v) is 9.20. The zero-order valence-corrected chi connectivity index (χ0v) is 19.2. The summed E-state index contributed by atoms with van der Waals surface area (Å²) in [5.74, 6) is -4.07. The summed E-state index contributed by atoms with van der Waals surface area (Å²) in [5.41, 5.74) is -0.143. The second-order valence-electron chi connectivity index (χ2n) is 8.76. The zero-order valence-electron chi connectivity index (χ0n) is 18.5. The standard InChI is InChI=1S/C24H29ClF2N2O4/c1-24(32,15-33-23-17(12-21(30)31)4-7-20(26)22(23)27)14-28-19-8-10-29(11-9-19)13-16-2-5-18(25)6-3-16/h2-7,19,28,32H,8-15H2,1H3,(H,30,31)/t24-/m0/s1. The summed E-state index contributed by atoms with van der Waals surface area (Å²) in [6.07, 6.45) is 1.30. The van der Waals surface area contributed by atoms with Crippen LogP contribution in [0.3, 0.4) is 0 Å². The van der Waals surface area contributed by atoms with Crippen molar-refractivity contribution in [1.82, 2.24) is 10.2 Å². The molecule has 3 rings (SSSR count). The predicted molar refractivity (Wildman–Crippen MR) is 122 cm³/mol. The number of carboxylic acid groups (broad SMARTS) is 1. The van der Waals surface area contributed by atoms with Gasteiger partial charge in [-0.3, -0.25) is 9.69 Å². The first-order chi connectivity index (χ1) is 15.6. The maximum Gasteiger partial charge on any atom is 0.307 e. The number of benzene rings is 2. The van der Waals surface area contributed by atoms with Crippen molar-refractivity contribution in [3.63, 3.8) is 0 Å². The van der Waals surface area contributed by atoms with Crippen molar-refractivity contribution < 1.29 is 28.5 Å². The molecule has 0 saturated carbocycles. The molecule has 1 fully saturated rings. The molecule has 2 aromatic carbocycles. The van der Waals surface area contributed by atoms with E-state index in [1.807, 2.05) is 24.3 Å². The van der Waals surface area contributed by atoms with Crippen LogP contribution in [0, 0.1) is 11.6 Å². The third-order valence-corrected chi connectivity index (χ3v) is 5.93. The van der Waals surface area contributed by atoms with Crippen LogP contribution in [0.4, 0.5) is 8.78 Å². The molecule has 0 aliphatic carbocycles. The van der Waals surface area contributed by atoms with Crippen LogP contribution in [0.2, 0.25) is 5.02 Å². The Balaban J connectivity index is 1.47. The minimum absolute atomic E-state index is 0.0122. The number of aliphatic hydroxyl groups is 1. The number of halogens is 3. The van der Waals surface area contributed by atoms with Crippen molar-refractivity contribution in [3.05, 3.63) is 64.2 Å². The summed E-state index contributed by atoms with van der Waals surface area (Å²) in [6, 6.07) is 10.1. The molecule has 33 heavy (non-hydrogen) atoms. The fourth-order valence-corrected chi connectivity index (χ4v) is 3.94. The number of likely N-dealkylation sites (tertiary alicyclic amines) is 1. The lowest BCUT2D eigenvalue weighted by Crippen LogP contribution is -2.49. The Morgan fingerprint density at radius 1 is 1.21 bits per heavy atom. The summed E-state index contributed by atoms with van der Waals surface area (Å²) in [7, 11) is 0. The number of ether oxygens (including phenoxy) is 1. The number of aliphatic carboxylic acids is 1. The number of hydrogen-bond acceptors (Lipinski definition) is 5. The Morgan fingerprint density at radius 2 is 1.88 bits per heavy atom. The van der Waals surface area contributed by atoms with Crippen LogP contribution in [0.15, 0.2) is 36.4 Å². The quantitative estimate of drug-likeness (QED) is 0.480. The van der Waals surface area contributed by atoms with Gasteiger partial charge in [0.05, 0.1) is 6.42 Å². The van der Waals surface area contributed by atoms with Crippen LogP contribution < -0.4 is 10.1 Å². The summed E-state index contributed by atoms with van der Waals surface area (Å²) >= 11 is 5.93. The van der Waals surface area contributed by atoms with Gasteiger partial charge in [-0.15, -0.1) is 0 Å². The van der Waals surface area contributed by atoms with E-state index in [1.165, 1.54) is 18.6 Å². The van der Waals surface area contributed by atoms with Crippen LogP contribution in [0.1, 0.15) is 30.9 Å². The van der Waals surface area contributed by atoms with Crippen LogP contribution in [-0.4, -0.2) is 59.0 Å². The van der Waals surface area contributed by atoms with E-state index in [4.69, 9.17) is 21.4 Å². The fourth-order valence-electron chi connectivity index (χ4n) is 3.82. The summed E-state index contributed by atoms with van der Waals surface area (Å²) < 4.78 is 33.1. The van der Waals surface area contributed by atoms with E-state index in [1.54, 1.807) is 0 Å². The van der Waals surface area contributed by atoms with Gasteiger partial charge in [0.1, 0.15) is 12.2 Å². The summed E-state index contributed by atoms with van der Waals surface area (Å²) in [5, 5.41) is 23.7. The Morgan fingerprint density at radius 3 is 2.52 bits per heavy atom. The van der Waals surface area contributed by atoms with E-state index in [9.17, 15) is 18.7 Å². The van der Waals surface area contributed by atoms with Gasteiger partial charge in [-0.25, -0.2) is 4.39 Å². The smallest absolute Gasteiger partial charge is 0.307 e. The number of hydrogen-bond donors (Lipinski definition) is 3. The molecule has 1 heterocycles. The van der Waals surface area contributed by atoms with Crippen LogP contribution in [-0.2, 0) is 17.8 Å². The molecule has 180 valence electrons. The van der Waals surface area contributed by atoms with Gasteiger partial charge in [-0.05, 0) is 56.6 Å². The van der Waals surface area contributed by atoms with Crippen LogP contribution in [0.5, 0.6) is 5.75 Å². The van der Waals surface area contributed by atoms with E-state index < -0.39 is 35.4 Å². The van der Waals surface area contributed by atoms with Gasteiger partial charge < -0.3 is 20.3 Å². The molecule has 1 saturated heterocycles. The van der Waals surface area contributed by atoms with Gasteiger partial charge in [0.15, 0.2) is 11.6 Å². The average molecular weight is 483 g/mol. The molecule has 0 aromatic heterocycles. The number of carbonyl (C=O) groups is 1. The Kier molecular flexibility index (Phi) is 8.64. The predicted octanol–water partition coefficient (Wildman–Crippen LogP) is 3.63. The molecule has 1 atom stereocenters. The molecule has 1 aliphatic rings. The van der Waals surface area contributed by atoms with E-state index in [0.29, 0.717) is 0 Å². The molecular weight excluding hydrogens is 454 g/mol. The van der Waals surface area contributed by atoms with Gasteiger partial charge in [0.2, 0.25) is 5.82 Å². The first-order valence-corrected chi connectivity index (χ1v) is 11.2. The van der Waals surface area contributed by atoms with Crippen molar-refractivity contribution in [2.75, 3.05) is 26.2 Å². The maximum atomic E-state index is 14.2. The van der Waals surface area contributed by atoms with Crippen molar-refractivity contribution in [1.29, 1.82) is 0 Å². The minimum Gasteiger partial charge on any atom is -0.487 e. The normalized spacial score (nSPS) is 17.0. The van der Waals surface area contributed by atoms with Gasteiger partial charge in [-0.2, -0.15) is 4.39 Å². The minimum atomic E-state index is -1.36. The molecule has 0 bridgehead atoms. The van der Waals surface area contributed by atoms with Crippen LogP contribution in [0.25, 0.3) is 0 Å². The number of rotatable bonds is 10. The molecule has 6 nitrogen and oxygen atoms in total. The lowest BCUT2D eigenvalue weighted by molar-refractivity contribution is -0.136. The highest BCUT2D eigenvalue weighted by Crippen LogP contribution is 2.27. The molecular formula is C24H29ClF2N2O4. The first-order valence-electron chi connectivity index (χ1n) is 10.9. The topological polar surface area (TPSA) is 82.0 Å². The van der Waals surface area contributed by atoms with Crippen molar-refractivity contribution in [2.45, 2.75) is 44.4 Å². The first kappa shape index (κ1) is 25.4. The fraction of sp³-hybridized carbons (Fsp3) is 0.458. The molecule has 2 aromatic rings. The van der Waals surface area contributed by atoms with Crippen molar-refractivity contribution in [2.24, 2.45) is 0 Å². The number of piperidine rings is 1. The third-order valence-electron chi connectivity index (χ3n) is 5.68. The van der Waals surface area contributed by atoms with E-state index in [2.05, 4.69) is 10.2 Å². The molecule has 0 amide bonds. The van der Waals surface area contributed by atoms with Gasteiger partial charge in [0, 0.05) is 29.7 Å². The Labute approximate surface area is 197 Å². The molecule has 0 radical (unpaired) electrons. The van der Waals surface area contributed by atoms with Crippen molar-refractivity contribution in [3.8, 4) is 5.75 Å². The zero-order chi connectivity index (χ0) is 24.0. The highest BCUT2D eigenvalue weighted by molar-refractivity contribution is 6.30. The van der Waals surface area contributed by atoms with Gasteiger partial charge in [0.25, 0.3) is 0 Å². The SMILES string of the molecule is C[C@](O)(CNC1CCN(Cc2ccc(Cl)cc2)CC1)COc1c(CC(=O)O)ccc(F)c1F. The highest BCUT2D eigenvalue weighted by atomic mass is 35.5. The molecule has 0 spiro atoms. The lowest BCUT2D eigenvalue weighted by Gasteiger charge is -2.34. The molecule has 9 heteroatoms. The van der Waals surface area contributed by atoms with Gasteiger partial charge >= 0.3 is 5.97 Å². The monoisotopic (exact) mass is 482 g/mol. The Hall–Kier alpha value is -2.26. The van der Waals surface area contributed by atoms with E-state index >= 15 is 0 Å². The number of nitrogens with zero attached hydrogens (tertiary/aromatic N) is 1. The number of carboxylic acids is 1. The largest absolute Gasteiger partial charge is 0.487 e. The van der Waals surface area contributed by atoms with E-state index in [0.717, 1.165) is 43.6 Å². The molecule has 1 aliphatic heterocycles. The molecule has 3 N–H and O–H groups in total. The van der Waals surface area contributed by atoms with Crippen LogP contribution >= 0.6 is 11.6 Å². The third kappa shape index (κ3) is 7.64. The average Bonchev–Trinajstić information content (AvgIpc) is 2.77. The Bertz CT molecular complexity index is 948. The maximum absolute atomic E-state index is 14.2. The summed E-state index contributed by atoms with van der Waals surface area (Å²) in [4.78, 5) is 13.4.